The van der Waals surface area contributed by atoms with Gasteiger partial charge in [-0.25, -0.2) is 4.79 Å². The van der Waals surface area contributed by atoms with Crippen LogP contribution >= 0.6 is 0 Å². The molecule has 1 aromatic rings. The standard InChI is InChI=1S/C26H40N4O4/c1-4-13-26(24(32)30(25(33)27-26)17-12-21-8-6-14-28(21)2)20-10-15-29(16-11-20)18-19-7-5-9-22(34-3)23(19)31/h5,7,9,20-21,31H,4,6,8,10-18H2,1-3H3,(H,27,33)/t21-,26-/m0/s1. The zero-order valence-corrected chi connectivity index (χ0v) is 20.9. The summed E-state index contributed by atoms with van der Waals surface area (Å²) in [4.78, 5) is 32.7. The summed E-state index contributed by atoms with van der Waals surface area (Å²) in [5.74, 6) is 0.774. The molecule has 0 unspecified atom stereocenters. The molecule has 3 aliphatic rings. The number of phenolic OH excluding ortho intramolecular Hbond substituents is 1. The number of likely N-dealkylation sites (tertiary alicyclic amines) is 2. The monoisotopic (exact) mass is 472 g/mol. The molecule has 3 heterocycles. The number of rotatable bonds is 9. The highest BCUT2D eigenvalue weighted by Gasteiger charge is 2.55. The van der Waals surface area contributed by atoms with Gasteiger partial charge in [0.15, 0.2) is 11.5 Å². The second-order valence-corrected chi connectivity index (χ2v) is 10.2. The number of hydrogen-bond acceptors (Lipinski definition) is 6. The number of phenols is 1. The van der Waals surface area contributed by atoms with E-state index >= 15 is 0 Å². The first-order valence-corrected chi connectivity index (χ1v) is 12.8. The molecule has 34 heavy (non-hydrogen) atoms. The van der Waals surface area contributed by atoms with Crippen molar-refractivity contribution in [2.45, 2.75) is 70.0 Å². The third kappa shape index (κ3) is 4.75. The van der Waals surface area contributed by atoms with Crippen LogP contribution in [0.2, 0.25) is 0 Å². The number of nitrogens with zero attached hydrogens (tertiary/aromatic N) is 3. The van der Waals surface area contributed by atoms with Gasteiger partial charge >= 0.3 is 6.03 Å². The number of piperidine rings is 1. The number of amides is 3. The number of urea groups is 1. The summed E-state index contributed by atoms with van der Waals surface area (Å²) in [6.07, 6.45) is 6.39. The minimum Gasteiger partial charge on any atom is -0.504 e. The Balaban J connectivity index is 1.39. The maximum atomic E-state index is 13.7. The summed E-state index contributed by atoms with van der Waals surface area (Å²) in [5.41, 5.74) is 0.0619. The fourth-order valence-electron chi connectivity index (χ4n) is 6.20. The molecule has 0 spiro atoms. The Morgan fingerprint density at radius 3 is 2.59 bits per heavy atom. The third-order valence-electron chi connectivity index (χ3n) is 8.18. The van der Waals surface area contributed by atoms with E-state index in [4.69, 9.17) is 4.74 Å². The number of imide groups is 1. The van der Waals surface area contributed by atoms with E-state index in [1.165, 1.54) is 11.3 Å². The number of nitrogens with one attached hydrogen (secondary N) is 1. The van der Waals surface area contributed by atoms with Gasteiger partial charge in [-0.15, -0.1) is 0 Å². The minimum atomic E-state index is -0.780. The molecule has 0 aromatic heterocycles. The highest BCUT2D eigenvalue weighted by Crippen LogP contribution is 2.38. The van der Waals surface area contributed by atoms with Gasteiger partial charge in [-0.3, -0.25) is 14.6 Å². The fourth-order valence-corrected chi connectivity index (χ4v) is 6.20. The second-order valence-electron chi connectivity index (χ2n) is 10.2. The van der Waals surface area contributed by atoms with Crippen LogP contribution in [-0.2, 0) is 11.3 Å². The van der Waals surface area contributed by atoms with Crippen molar-refractivity contribution in [2.75, 3.05) is 40.3 Å². The van der Waals surface area contributed by atoms with Crippen LogP contribution in [0.3, 0.4) is 0 Å². The highest BCUT2D eigenvalue weighted by atomic mass is 16.5. The number of hydrogen-bond donors (Lipinski definition) is 2. The molecule has 0 radical (unpaired) electrons. The van der Waals surface area contributed by atoms with Crippen LogP contribution in [-0.4, -0.2) is 83.7 Å². The van der Waals surface area contributed by atoms with Crippen molar-refractivity contribution >= 4 is 11.9 Å². The zero-order chi connectivity index (χ0) is 24.3. The molecule has 3 aliphatic heterocycles. The van der Waals surface area contributed by atoms with E-state index in [2.05, 4.69) is 29.1 Å². The third-order valence-corrected chi connectivity index (χ3v) is 8.18. The van der Waals surface area contributed by atoms with Gasteiger partial charge in [0.05, 0.1) is 7.11 Å². The van der Waals surface area contributed by atoms with Crippen molar-refractivity contribution in [1.29, 1.82) is 0 Å². The van der Waals surface area contributed by atoms with Gasteiger partial charge in [0.25, 0.3) is 5.91 Å². The molecule has 3 fully saturated rings. The molecule has 0 bridgehead atoms. The Labute approximate surface area is 203 Å². The SMILES string of the molecule is CCC[C@@]1(C2CCN(Cc3cccc(OC)c3O)CC2)NC(=O)N(CC[C@@H]2CCCN2C)C1=O. The molecule has 2 N–H and O–H groups in total. The van der Waals surface area contributed by atoms with Crippen LogP contribution in [0.4, 0.5) is 4.79 Å². The predicted octanol–water partition coefficient (Wildman–Crippen LogP) is 3.19. The highest BCUT2D eigenvalue weighted by molar-refractivity contribution is 6.07. The van der Waals surface area contributed by atoms with Crippen molar-refractivity contribution in [3.8, 4) is 11.5 Å². The van der Waals surface area contributed by atoms with Gasteiger partial charge in [0, 0.05) is 24.7 Å². The van der Waals surface area contributed by atoms with E-state index in [1.807, 2.05) is 12.1 Å². The lowest BCUT2D eigenvalue weighted by atomic mass is 9.74. The summed E-state index contributed by atoms with van der Waals surface area (Å²) in [6.45, 7) is 5.96. The number of carbonyl (C=O) groups is 2. The van der Waals surface area contributed by atoms with Crippen LogP contribution in [0.5, 0.6) is 11.5 Å². The normalized spacial score (nSPS) is 26.9. The predicted molar refractivity (Wildman–Crippen MR) is 131 cm³/mol. The minimum absolute atomic E-state index is 0.0242. The molecular weight excluding hydrogens is 432 g/mol. The number of methoxy groups -OCH3 is 1. The van der Waals surface area contributed by atoms with E-state index in [-0.39, 0.29) is 23.6 Å². The number of carbonyl (C=O) groups excluding carboxylic acids is 2. The summed E-state index contributed by atoms with van der Waals surface area (Å²) >= 11 is 0. The molecule has 0 aliphatic carbocycles. The summed E-state index contributed by atoms with van der Waals surface area (Å²) in [6, 6.07) is 5.80. The quantitative estimate of drug-likeness (QED) is 0.537. The largest absolute Gasteiger partial charge is 0.504 e. The van der Waals surface area contributed by atoms with Crippen LogP contribution in [0.15, 0.2) is 18.2 Å². The Hall–Kier alpha value is -2.32. The average Bonchev–Trinajstić information content (AvgIpc) is 3.35. The van der Waals surface area contributed by atoms with E-state index < -0.39 is 5.54 Å². The molecule has 3 saturated heterocycles. The number of para-hydroxylation sites is 1. The lowest BCUT2D eigenvalue weighted by molar-refractivity contribution is -0.134. The lowest BCUT2D eigenvalue weighted by Crippen LogP contribution is -2.56. The average molecular weight is 473 g/mol. The molecule has 2 atom stereocenters. The lowest BCUT2D eigenvalue weighted by Gasteiger charge is -2.41. The van der Waals surface area contributed by atoms with E-state index in [0.717, 1.165) is 57.3 Å². The van der Waals surface area contributed by atoms with Crippen LogP contribution < -0.4 is 10.1 Å². The summed E-state index contributed by atoms with van der Waals surface area (Å²) in [7, 11) is 3.68. The Bertz CT molecular complexity index is 886. The maximum Gasteiger partial charge on any atom is 0.325 e. The van der Waals surface area contributed by atoms with Gasteiger partial charge in [-0.2, -0.15) is 0 Å². The van der Waals surface area contributed by atoms with Gasteiger partial charge in [0.2, 0.25) is 0 Å². The number of ether oxygens (including phenoxy) is 1. The molecule has 1 aromatic carbocycles. The summed E-state index contributed by atoms with van der Waals surface area (Å²) in [5, 5.41) is 13.6. The smallest absolute Gasteiger partial charge is 0.325 e. The van der Waals surface area contributed by atoms with E-state index in [1.54, 1.807) is 13.2 Å². The van der Waals surface area contributed by atoms with Crippen molar-refractivity contribution in [1.82, 2.24) is 20.0 Å². The van der Waals surface area contributed by atoms with Crippen molar-refractivity contribution in [3.05, 3.63) is 23.8 Å². The molecule has 188 valence electrons. The van der Waals surface area contributed by atoms with Crippen LogP contribution in [0, 0.1) is 5.92 Å². The van der Waals surface area contributed by atoms with Gasteiger partial charge in [0.1, 0.15) is 5.54 Å². The zero-order valence-electron chi connectivity index (χ0n) is 20.9. The second kappa shape index (κ2) is 10.5. The molecule has 0 saturated carbocycles. The molecular formula is C26H40N4O4. The van der Waals surface area contributed by atoms with Crippen LogP contribution in [0.1, 0.15) is 57.4 Å². The number of aromatic hydroxyl groups is 1. The molecule has 3 amide bonds. The van der Waals surface area contributed by atoms with Crippen molar-refractivity contribution in [2.24, 2.45) is 5.92 Å². The first-order chi connectivity index (χ1) is 16.4. The first kappa shape index (κ1) is 24.8. The van der Waals surface area contributed by atoms with Crippen molar-refractivity contribution < 1.29 is 19.4 Å². The van der Waals surface area contributed by atoms with Gasteiger partial charge in [-0.1, -0.05) is 25.5 Å². The topological polar surface area (TPSA) is 85.3 Å². The Morgan fingerprint density at radius 2 is 1.94 bits per heavy atom. The molecule has 4 rings (SSSR count). The van der Waals surface area contributed by atoms with E-state index in [0.29, 0.717) is 31.3 Å². The first-order valence-electron chi connectivity index (χ1n) is 12.8. The Kier molecular flexibility index (Phi) is 7.67. The molecule has 8 heteroatoms. The van der Waals surface area contributed by atoms with Gasteiger partial charge < -0.3 is 20.1 Å². The number of benzene rings is 1. The van der Waals surface area contributed by atoms with Crippen molar-refractivity contribution in [3.63, 3.8) is 0 Å². The van der Waals surface area contributed by atoms with E-state index in [9.17, 15) is 14.7 Å². The molecule has 8 nitrogen and oxygen atoms in total. The van der Waals surface area contributed by atoms with Gasteiger partial charge in [-0.05, 0) is 77.2 Å². The Morgan fingerprint density at radius 1 is 1.18 bits per heavy atom. The fraction of sp³-hybridized carbons (Fsp3) is 0.692. The van der Waals surface area contributed by atoms with Crippen LogP contribution in [0.25, 0.3) is 0 Å². The maximum absolute atomic E-state index is 13.7. The summed E-state index contributed by atoms with van der Waals surface area (Å²) < 4.78 is 5.24.